The fourth-order valence-electron chi connectivity index (χ4n) is 3.78. The molecule has 0 spiro atoms. The Morgan fingerprint density at radius 1 is 1.23 bits per heavy atom. The molecule has 0 unspecified atom stereocenters. The second kappa shape index (κ2) is 5.70. The molecule has 1 aliphatic carbocycles. The van der Waals surface area contributed by atoms with Gasteiger partial charge >= 0.3 is 0 Å². The number of rotatable bonds is 3. The Kier molecular flexibility index (Phi) is 4.03. The largest absolute Gasteiger partial charge is 0.398 e. The Bertz CT molecular complexity index is 555. The third-order valence-electron chi connectivity index (χ3n) is 4.48. The molecule has 1 saturated carbocycles. The Balaban J connectivity index is 2.00. The van der Waals surface area contributed by atoms with Crippen LogP contribution in [0.2, 0.25) is 19.6 Å². The summed E-state index contributed by atoms with van der Waals surface area (Å²) in [5, 5.41) is 12.2. The quantitative estimate of drug-likeness (QED) is 0.624. The molecule has 0 aromatic heterocycles. The number of hydrogen-bond acceptors (Lipinski definition) is 3. The maximum Gasteiger partial charge on any atom is 0.218 e. The van der Waals surface area contributed by atoms with Crippen LogP contribution >= 0.6 is 0 Å². The molecule has 4 nitrogen and oxygen atoms in total. The molecule has 1 heterocycles. The smallest absolute Gasteiger partial charge is 0.218 e. The summed E-state index contributed by atoms with van der Waals surface area (Å²) >= 11 is 0. The first-order valence-corrected chi connectivity index (χ1v) is 11.6. The Morgan fingerprint density at radius 3 is 2.64 bits per heavy atom. The Hall–Kier alpha value is -1.33. The van der Waals surface area contributed by atoms with Crippen LogP contribution in [0.25, 0.3) is 0 Å². The minimum Gasteiger partial charge on any atom is -0.398 e. The van der Waals surface area contributed by atoms with Gasteiger partial charge in [-0.05, 0) is 44.5 Å². The van der Waals surface area contributed by atoms with Gasteiger partial charge in [-0.25, -0.2) is 0 Å². The third kappa shape index (κ3) is 3.06. The standard InChI is InChI=1S/C17H25NO3Si/c1-22(2,3)21-17-12-8-7-11-16(17)15(13-18(19)20-17)14-9-5-4-6-10-14/h4-6,9-10,13,15-16H,7-8,11-12H2,1-3H3/t15-,16-,17-/m1/s1. The molecule has 1 aromatic carbocycles. The highest BCUT2D eigenvalue weighted by Crippen LogP contribution is 2.48. The van der Waals surface area contributed by atoms with Gasteiger partial charge in [-0.15, -0.1) is 0 Å². The lowest BCUT2D eigenvalue weighted by Gasteiger charge is -2.51. The molecule has 3 rings (SSSR count). The van der Waals surface area contributed by atoms with Crippen molar-refractivity contribution < 1.29 is 14.2 Å². The number of fused-ring (bicyclic) bond motifs is 1. The molecule has 0 amide bonds. The lowest BCUT2D eigenvalue weighted by molar-refractivity contribution is -0.788. The molecule has 0 bridgehead atoms. The predicted octanol–water partition coefficient (Wildman–Crippen LogP) is 4.03. The van der Waals surface area contributed by atoms with Gasteiger partial charge in [0, 0.05) is 10.8 Å². The van der Waals surface area contributed by atoms with E-state index in [2.05, 4.69) is 31.8 Å². The molecule has 22 heavy (non-hydrogen) atoms. The molecule has 1 aliphatic heterocycles. The van der Waals surface area contributed by atoms with Crippen molar-refractivity contribution in [3.63, 3.8) is 0 Å². The maximum atomic E-state index is 12.2. The normalized spacial score (nSPS) is 31.9. The SMILES string of the molecule is C[Si](C)(C)O[C@]12CCCC[C@@H]1[C@@H](c1ccccc1)C=[N+]([O-])O2. The molecule has 3 atom stereocenters. The molecule has 1 fully saturated rings. The molecule has 1 aromatic rings. The minimum absolute atomic E-state index is 0.0594. The average molecular weight is 319 g/mol. The van der Waals surface area contributed by atoms with Crippen molar-refractivity contribution in [3.05, 3.63) is 41.1 Å². The summed E-state index contributed by atoms with van der Waals surface area (Å²) in [4.78, 5) is 6.38. The van der Waals surface area contributed by atoms with E-state index >= 15 is 0 Å². The Labute approximate surface area is 133 Å². The van der Waals surface area contributed by atoms with E-state index in [0.29, 0.717) is 4.90 Å². The monoisotopic (exact) mass is 319 g/mol. The minimum atomic E-state index is -1.83. The van der Waals surface area contributed by atoms with Crippen LogP contribution in [0, 0.1) is 11.1 Å². The van der Waals surface area contributed by atoms with Gasteiger partial charge < -0.3 is 9.26 Å². The van der Waals surface area contributed by atoms with E-state index in [9.17, 15) is 5.21 Å². The summed E-state index contributed by atoms with van der Waals surface area (Å²) in [5.74, 6) is -0.482. The van der Waals surface area contributed by atoms with Crippen molar-refractivity contribution in [2.45, 2.75) is 57.0 Å². The van der Waals surface area contributed by atoms with Crippen molar-refractivity contribution in [1.82, 2.24) is 0 Å². The van der Waals surface area contributed by atoms with Crippen LogP contribution in [0.15, 0.2) is 30.3 Å². The van der Waals surface area contributed by atoms with Crippen molar-refractivity contribution >= 4 is 14.5 Å². The van der Waals surface area contributed by atoms with Crippen LogP contribution in [-0.2, 0) is 9.26 Å². The molecular weight excluding hydrogens is 294 g/mol. The van der Waals surface area contributed by atoms with E-state index in [0.717, 1.165) is 19.3 Å². The summed E-state index contributed by atoms with van der Waals surface area (Å²) < 4.78 is 6.45. The third-order valence-corrected chi connectivity index (χ3v) is 5.44. The Morgan fingerprint density at radius 2 is 1.95 bits per heavy atom. The summed E-state index contributed by atoms with van der Waals surface area (Å²) in [6.07, 6.45) is 5.72. The zero-order valence-electron chi connectivity index (χ0n) is 13.6. The zero-order chi connectivity index (χ0) is 15.8. The summed E-state index contributed by atoms with van der Waals surface area (Å²) in [6, 6.07) is 10.2. The molecule has 5 heteroatoms. The highest BCUT2D eigenvalue weighted by atomic mass is 28.4. The van der Waals surface area contributed by atoms with E-state index in [1.54, 1.807) is 6.21 Å². The molecule has 0 N–H and O–H groups in total. The summed E-state index contributed by atoms with van der Waals surface area (Å²) in [5.41, 5.74) is 1.17. The fraction of sp³-hybridized carbons (Fsp3) is 0.588. The number of hydrogen-bond donors (Lipinski definition) is 0. The lowest BCUT2D eigenvalue weighted by Crippen LogP contribution is -2.57. The molecular formula is C17H25NO3Si. The predicted molar refractivity (Wildman–Crippen MR) is 89.1 cm³/mol. The van der Waals surface area contributed by atoms with Crippen LogP contribution in [0.5, 0.6) is 0 Å². The van der Waals surface area contributed by atoms with Crippen LogP contribution in [-0.4, -0.2) is 25.2 Å². The zero-order valence-corrected chi connectivity index (χ0v) is 14.6. The van der Waals surface area contributed by atoms with Crippen molar-refractivity contribution in [2.24, 2.45) is 5.92 Å². The van der Waals surface area contributed by atoms with E-state index in [-0.39, 0.29) is 11.8 Å². The van der Waals surface area contributed by atoms with E-state index < -0.39 is 14.1 Å². The van der Waals surface area contributed by atoms with Gasteiger partial charge in [0.25, 0.3) is 0 Å². The molecule has 2 aliphatic rings. The summed E-state index contributed by atoms with van der Waals surface area (Å²) in [7, 11) is -1.83. The van der Waals surface area contributed by atoms with Gasteiger partial charge in [0.1, 0.15) is 0 Å². The maximum absolute atomic E-state index is 12.2. The first-order chi connectivity index (χ1) is 10.4. The average Bonchev–Trinajstić information content (AvgIpc) is 2.45. The second-order valence-electron chi connectivity index (χ2n) is 7.34. The van der Waals surface area contributed by atoms with Crippen LogP contribution in [0.1, 0.15) is 37.2 Å². The van der Waals surface area contributed by atoms with Gasteiger partial charge in [-0.1, -0.05) is 36.8 Å². The number of benzene rings is 1. The van der Waals surface area contributed by atoms with Crippen LogP contribution < -0.4 is 0 Å². The van der Waals surface area contributed by atoms with Crippen LogP contribution in [0.4, 0.5) is 0 Å². The number of nitrogens with zero attached hydrogens (tertiary/aromatic N) is 1. The van der Waals surface area contributed by atoms with Gasteiger partial charge in [-0.3, -0.25) is 5.21 Å². The highest BCUT2D eigenvalue weighted by molar-refractivity contribution is 6.69. The topological polar surface area (TPSA) is 44.5 Å². The highest BCUT2D eigenvalue weighted by Gasteiger charge is 2.52. The first-order valence-electron chi connectivity index (χ1n) is 8.15. The van der Waals surface area contributed by atoms with Crippen molar-refractivity contribution in [3.8, 4) is 0 Å². The molecule has 0 radical (unpaired) electrons. The van der Waals surface area contributed by atoms with Crippen molar-refractivity contribution in [1.29, 1.82) is 0 Å². The lowest BCUT2D eigenvalue weighted by atomic mass is 9.73. The van der Waals surface area contributed by atoms with Gasteiger partial charge in [0.15, 0.2) is 14.1 Å². The first kappa shape index (κ1) is 15.6. The molecule has 0 saturated heterocycles. The van der Waals surface area contributed by atoms with E-state index in [4.69, 9.17) is 9.26 Å². The summed E-state index contributed by atoms with van der Waals surface area (Å²) in [6.45, 7) is 6.46. The molecule has 120 valence electrons. The second-order valence-corrected chi connectivity index (χ2v) is 11.8. The van der Waals surface area contributed by atoms with Crippen molar-refractivity contribution in [2.75, 3.05) is 0 Å². The van der Waals surface area contributed by atoms with E-state index in [1.807, 2.05) is 18.2 Å². The van der Waals surface area contributed by atoms with E-state index in [1.165, 1.54) is 12.0 Å². The van der Waals surface area contributed by atoms with Crippen LogP contribution in [0.3, 0.4) is 0 Å². The van der Waals surface area contributed by atoms with Gasteiger partial charge in [-0.2, -0.15) is 0 Å². The fourth-order valence-corrected chi connectivity index (χ4v) is 5.11. The van der Waals surface area contributed by atoms with Gasteiger partial charge in [0.2, 0.25) is 6.21 Å². The van der Waals surface area contributed by atoms with Gasteiger partial charge in [0.05, 0.1) is 5.92 Å².